The summed E-state index contributed by atoms with van der Waals surface area (Å²) in [5, 5.41) is 0. The number of hydrogen-bond acceptors (Lipinski definition) is 2. The van der Waals surface area contributed by atoms with Gasteiger partial charge in [0.1, 0.15) is 6.10 Å². The van der Waals surface area contributed by atoms with Crippen LogP contribution in [0.15, 0.2) is 12.2 Å². The summed E-state index contributed by atoms with van der Waals surface area (Å²) in [7, 11) is 6.21. The smallest absolute Gasteiger partial charge is 0.362 e. The van der Waals surface area contributed by atoms with E-state index in [-0.39, 0.29) is 17.5 Å². The van der Waals surface area contributed by atoms with Gasteiger partial charge in [0.2, 0.25) is 0 Å². The molecule has 216 valence electrons. The van der Waals surface area contributed by atoms with E-state index in [0.717, 1.165) is 30.1 Å². The first-order valence-electron chi connectivity index (χ1n) is 16.0. The van der Waals surface area contributed by atoms with Crippen LogP contribution >= 0.6 is 0 Å². The highest BCUT2D eigenvalue weighted by atomic mass is 16.5. The zero-order chi connectivity index (χ0) is 28.1. The predicted molar refractivity (Wildman–Crippen MR) is 157 cm³/mol. The fourth-order valence-electron chi connectivity index (χ4n) is 12.3. The molecule has 4 unspecified atom stereocenters. The Morgan fingerprint density at radius 1 is 0.816 bits per heavy atom. The van der Waals surface area contributed by atoms with Gasteiger partial charge < -0.3 is 9.22 Å². The van der Waals surface area contributed by atoms with E-state index in [1.54, 1.807) is 0 Å². The van der Waals surface area contributed by atoms with Crippen LogP contribution < -0.4 is 0 Å². The molecule has 5 fully saturated rings. The molecule has 0 N–H and O–H groups in total. The van der Waals surface area contributed by atoms with E-state index in [0.29, 0.717) is 38.6 Å². The van der Waals surface area contributed by atoms with Gasteiger partial charge in [-0.1, -0.05) is 53.7 Å². The Balaban J connectivity index is 1.42. The van der Waals surface area contributed by atoms with Gasteiger partial charge in [-0.05, 0) is 122 Å². The first-order valence-corrected chi connectivity index (χ1v) is 16.0. The molecule has 0 aromatic heterocycles. The van der Waals surface area contributed by atoms with Crippen molar-refractivity contribution in [3.8, 4) is 0 Å². The molecule has 0 aliphatic heterocycles. The third-order valence-electron chi connectivity index (χ3n) is 14.3. The highest BCUT2D eigenvalue weighted by Gasteiger charge is 2.70. The van der Waals surface area contributed by atoms with E-state index in [1.807, 2.05) is 0 Å². The first kappa shape index (κ1) is 28.7. The maximum Gasteiger partial charge on any atom is 0.362 e. The van der Waals surface area contributed by atoms with Crippen LogP contribution in [-0.2, 0) is 9.53 Å². The Morgan fingerprint density at radius 2 is 1.50 bits per heavy atom. The summed E-state index contributed by atoms with van der Waals surface area (Å²) in [4.78, 5) is 12.9. The van der Waals surface area contributed by atoms with Gasteiger partial charge in [0.25, 0.3) is 0 Å². The van der Waals surface area contributed by atoms with E-state index >= 15 is 0 Å². The lowest BCUT2D eigenvalue weighted by Gasteiger charge is -2.73. The molecule has 0 heterocycles. The van der Waals surface area contributed by atoms with Gasteiger partial charge in [0, 0.05) is 5.41 Å². The molecular weight excluding hydrogens is 466 g/mol. The topological polar surface area (TPSA) is 26.3 Å². The van der Waals surface area contributed by atoms with Gasteiger partial charge in [-0.15, -0.1) is 0 Å². The fraction of sp³-hybridized carbons (Fsp3) is 0.914. The molecule has 0 amide bonds. The van der Waals surface area contributed by atoms with Crippen LogP contribution in [0, 0.1) is 56.7 Å². The maximum absolute atomic E-state index is 12.9. The van der Waals surface area contributed by atoms with Crippen LogP contribution in [0.2, 0.25) is 0 Å². The van der Waals surface area contributed by atoms with Crippen molar-refractivity contribution >= 4 is 5.97 Å². The number of ether oxygens (including phenoxy) is 1. The number of quaternary nitrogens is 1. The lowest BCUT2D eigenvalue weighted by molar-refractivity contribution is -0.862. The largest absolute Gasteiger partial charge is 0.458 e. The minimum absolute atomic E-state index is 0.0221. The van der Waals surface area contributed by atoms with Crippen LogP contribution in [0.1, 0.15) is 113 Å². The van der Waals surface area contributed by atoms with Gasteiger partial charge in [0.15, 0.2) is 6.54 Å². The molecule has 5 aliphatic carbocycles. The Bertz CT molecular complexity index is 977. The lowest BCUT2D eigenvalue weighted by atomic mass is 9.32. The summed E-state index contributed by atoms with van der Waals surface area (Å²) in [6, 6.07) is 0. The van der Waals surface area contributed by atoms with Crippen LogP contribution in [-0.4, -0.2) is 44.2 Å². The normalized spacial score (nSPS) is 49.7. The first-order chi connectivity index (χ1) is 17.4. The predicted octanol–water partition coefficient (Wildman–Crippen LogP) is 8.28. The standard InChI is InChI=1S/C35H60NO2/c1-23(2)24-14-17-32(5)20-21-34(7)25(30(24)32)12-13-27-33(6)18-16-28(38-29(37)22-36(9,10)11)31(3,4)26(33)15-19-35(27,34)8/h24-28,30H,1,12-22H2,2-11H3/q+1/t24-,25?,26?,27?,28-,30?,32+,33-,34+,35+/m0/s1. The SMILES string of the molecule is C=C(C)[C@@H]1CC[C@]2(C)CC[C@]3(C)C(CCC4[C@@]5(C)CC[C@H](OC(=O)C[N+](C)(C)C)C(C)(C)C5CC[C@]43C)C12. The third-order valence-corrected chi connectivity index (χ3v) is 14.3. The van der Waals surface area contributed by atoms with E-state index in [1.165, 1.54) is 63.4 Å². The van der Waals surface area contributed by atoms with Crippen LogP contribution in [0.25, 0.3) is 0 Å². The average Bonchev–Trinajstić information content (AvgIpc) is 3.13. The second-order valence-electron chi connectivity index (χ2n) is 17.6. The van der Waals surface area contributed by atoms with Crippen molar-refractivity contribution in [3.05, 3.63) is 12.2 Å². The zero-order valence-electron chi connectivity index (χ0n) is 26.7. The van der Waals surface area contributed by atoms with Gasteiger partial charge in [-0.3, -0.25) is 0 Å². The number of carbonyl (C=O) groups excluding carboxylic acids is 1. The van der Waals surface area contributed by atoms with Crippen LogP contribution in [0.4, 0.5) is 0 Å². The highest BCUT2D eigenvalue weighted by molar-refractivity contribution is 5.70. The summed E-state index contributed by atoms with van der Waals surface area (Å²) in [5.41, 5.74) is 3.14. The molecule has 5 saturated carbocycles. The monoisotopic (exact) mass is 526 g/mol. The van der Waals surface area contributed by atoms with Crippen molar-refractivity contribution < 1.29 is 14.0 Å². The Hall–Kier alpha value is -0.830. The van der Waals surface area contributed by atoms with Gasteiger partial charge in [-0.25, -0.2) is 4.79 Å². The minimum Gasteiger partial charge on any atom is -0.458 e. The van der Waals surface area contributed by atoms with E-state index < -0.39 is 0 Å². The summed E-state index contributed by atoms with van der Waals surface area (Å²) < 4.78 is 6.90. The average molecular weight is 527 g/mol. The van der Waals surface area contributed by atoms with Crippen LogP contribution in [0.5, 0.6) is 0 Å². The molecule has 5 rings (SSSR count). The van der Waals surface area contributed by atoms with E-state index in [4.69, 9.17) is 4.74 Å². The number of carbonyl (C=O) groups is 1. The number of fused-ring (bicyclic) bond motifs is 7. The molecule has 0 radical (unpaired) electrons. The molecule has 3 nitrogen and oxygen atoms in total. The number of allylic oxidation sites excluding steroid dienone is 1. The molecule has 10 atom stereocenters. The molecular formula is C35H60NO2+. The summed E-state index contributed by atoms with van der Waals surface area (Å²) >= 11 is 0. The van der Waals surface area contributed by atoms with Crippen molar-refractivity contribution in [2.45, 2.75) is 119 Å². The van der Waals surface area contributed by atoms with Crippen molar-refractivity contribution in [1.29, 1.82) is 0 Å². The Kier molecular flexibility index (Phi) is 6.67. The molecule has 0 bridgehead atoms. The second kappa shape index (κ2) is 8.83. The number of rotatable bonds is 4. The zero-order valence-corrected chi connectivity index (χ0v) is 26.7. The summed E-state index contributed by atoms with van der Waals surface area (Å²) in [6.07, 6.45) is 13.3. The summed E-state index contributed by atoms with van der Waals surface area (Å²) in [6.45, 7) is 22.9. The quantitative estimate of drug-likeness (QED) is 0.209. The number of likely N-dealkylation sites (N-methyl/N-ethyl adjacent to an activating group) is 1. The van der Waals surface area contributed by atoms with Crippen molar-refractivity contribution in [3.63, 3.8) is 0 Å². The van der Waals surface area contributed by atoms with Crippen molar-refractivity contribution in [1.82, 2.24) is 0 Å². The molecule has 0 aromatic rings. The van der Waals surface area contributed by atoms with Gasteiger partial charge in [-0.2, -0.15) is 0 Å². The molecule has 0 saturated heterocycles. The van der Waals surface area contributed by atoms with Crippen molar-refractivity contribution in [2.24, 2.45) is 56.7 Å². The van der Waals surface area contributed by atoms with E-state index in [9.17, 15) is 4.79 Å². The third kappa shape index (κ3) is 4.01. The number of esters is 1. The molecule has 0 aromatic carbocycles. The van der Waals surface area contributed by atoms with Gasteiger partial charge in [0.05, 0.1) is 21.1 Å². The Labute approximate surface area is 235 Å². The molecule has 3 heteroatoms. The highest BCUT2D eigenvalue weighted by Crippen LogP contribution is 2.77. The second-order valence-corrected chi connectivity index (χ2v) is 17.6. The number of hydrogen-bond donors (Lipinski definition) is 0. The fourth-order valence-corrected chi connectivity index (χ4v) is 12.3. The van der Waals surface area contributed by atoms with Gasteiger partial charge >= 0.3 is 5.97 Å². The molecule has 5 aliphatic rings. The molecule has 38 heavy (non-hydrogen) atoms. The van der Waals surface area contributed by atoms with Crippen LogP contribution in [0.3, 0.4) is 0 Å². The molecule has 0 spiro atoms. The number of nitrogens with zero attached hydrogens (tertiary/aromatic N) is 1. The Morgan fingerprint density at radius 3 is 2.13 bits per heavy atom. The minimum atomic E-state index is -0.0262. The summed E-state index contributed by atoms with van der Waals surface area (Å²) in [5.74, 6) is 3.76. The van der Waals surface area contributed by atoms with Crippen molar-refractivity contribution in [2.75, 3.05) is 27.7 Å². The van der Waals surface area contributed by atoms with E-state index in [2.05, 4.69) is 76.2 Å². The lowest BCUT2D eigenvalue weighted by Crippen LogP contribution is -2.66. The maximum atomic E-state index is 12.9.